The van der Waals surface area contributed by atoms with E-state index in [2.05, 4.69) is 5.16 Å². The van der Waals surface area contributed by atoms with Crippen molar-refractivity contribution in [1.29, 1.82) is 0 Å². The fourth-order valence-electron chi connectivity index (χ4n) is 2.75. The van der Waals surface area contributed by atoms with Gasteiger partial charge in [0.15, 0.2) is 5.76 Å². The van der Waals surface area contributed by atoms with Crippen LogP contribution in [0, 0.1) is 13.8 Å². The molecule has 6 nitrogen and oxygen atoms in total. The van der Waals surface area contributed by atoms with Crippen molar-refractivity contribution in [1.82, 2.24) is 10.1 Å². The zero-order valence-electron chi connectivity index (χ0n) is 12.7. The lowest BCUT2D eigenvalue weighted by atomic mass is 10.1. The first-order valence-corrected chi connectivity index (χ1v) is 7.12. The lowest BCUT2D eigenvalue weighted by Gasteiger charge is -2.24. The summed E-state index contributed by atoms with van der Waals surface area (Å²) in [6.07, 6.45) is 0. The van der Waals surface area contributed by atoms with Gasteiger partial charge in [-0.25, -0.2) is 9.69 Å². The summed E-state index contributed by atoms with van der Waals surface area (Å²) in [6.45, 7) is 5.38. The lowest BCUT2D eigenvalue weighted by Crippen LogP contribution is -2.34. The topological polar surface area (TPSA) is 66.7 Å². The molecule has 1 aliphatic rings. The van der Waals surface area contributed by atoms with Gasteiger partial charge in [0, 0.05) is 0 Å². The quantitative estimate of drug-likeness (QED) is 0.817. The number of anilines is 1. The summed E-state index contributed by atoms with van der Waals surface area (Å²) in [5.74, 6) is 0.204. The first-order valence-electron chi connectivity index (χ1n) is 7.12. The number of carbonyl (C=O) groups excluding carboxylic acids is 2. The lowest BCUT2D eigenvalue weighted by molar-refractivity contribution is -0.116. The molecule has 22 heavy (non-hydrogen) atoms. The first kappa shape index (κ1) is 14.3. The van der Waals surface area contributed by atoms with Gasteiger partial charge in [-0.05, 0) is 26.3 Å². The molecule has 1 fully saturated rings. The first-order chi connectivity index (χ1) is 10.5. The number of carbonyl (C=O) groups is 2. The van der Waals surface area contributed by atoms with Gasteiger partial charge in [0.25, 0.3) is 5.91 Å². The van der Waals surface area contributed by atoms with E-state index in [4.69, 9.17) is 4.52 Å². The average Bonchev–Trinajstić information content (AvgIpc) is 2.99. The molecule has 0 aliphatic carbocycles. The van der Waals surface area contributed by atoms with Crippen LogP contribution >= 0.6 is 0 Å². The average molecular weight is 299 g/mol. The Kier molecular flexibility index (Phi) is 3.44. The zero-order valence-corrected chi connectivity index (χ0v) is 12.7. The summed E-state index contributed by atoms with van der Waals surface area (Å²) in [5, 5.41) is 3.82. The van der Waals surface area contributed by atoms with Crippen LogP contribution in [0.4, 0.5) is 10.5 Å². The normalized spacial score (nSPS) is 16.5. The van der Waals surface area contributed by atoms with Crippen LogP contribution in [-0.4, -0.2) is 28.5 Å². The van der Waals surface area contributed by atoms with Crippen molar-refractivity contribution >= 4 is 17.6 Å². The van der Waals surface area contributed by atoms with Crippen molar-refractivity contribution in [3.8, 4) is 0 Å². The standard InChI is InChI=1S/C16H17N3O3/c1-10-15(12(3)22-17-10)19-14(20)9-18(16(19)21)11(2)13-7-5-4-6-8-13/h4-8,11H,9H2,1-3H3. The highest BCUT2D eigenvalue weighted by atomic mass is 16.5. The van der Waals surface area contributed by atoms with E-state index < -0.39 is 0 Å². The smallest absolute Gasteiger partial charge is 0.332 e. The van der Waals surface area contributed by atoms with Crippen molar-refractivity contribution in [2.75, 3.05) is 11.4 Å². The molecule has 0 spiro atoms. The molecule has 2 heterocycles. The maximum atomic E-state index is 12.7. The Hall–Kier alpha value is -2.63. The number of imide groups is 1. The van der Waals surface area contributed by atoms with Crippen LogP contribution in [0.25, 0.3) is 0 Å². The van der Waals surface area contributed by atoms with E-state index in [1.165, 1.54) is 4.90 Å². The molecule has 0 saturated carbocycles. The molecule has 1 saturated heterocycles. The number of benzene rings is 1. The van der Waals surface area contributed by atoms with Crippen LogP contribution in [0.15, 0.2) is 34.9 Å². The maximum absolute atomic E-state index is 12.7. The Morgan fingerprint density at radius 1 is 1.18 bits per heavy atom. The number of rotatable bonds is 3. The van der Waals surface area contributed by atoms with Crippen LogP contribution < -0.4 is 4.90 Å². The minimum Gasteiger partial charge on any atom is -0.359 e. The van der Waals surface area contributed by atoms with Gasteiger partial charge in [-0.1, -0.05) is 35.5 Å². The molecule has 1 aromatic carbocycles. The van der Waals surface area contributed by atoms with Gasteiger partial charge in [0.2, 0.25) is 0 Å². The maximum Gasteiger partial charge on any atom is 0.332 e. The number of hydrogen-bond donors (Lipinski definition) is 0. The van der Waals surface area contributed by atoms with Crippen molar-refractivity contribution in [3.05, 3.63) is 47.3 Å². The Bertz CT molecular complexity index is 704. The van der Waals surface area contributed by atoms with Gasteiger partial charge in [-0.2, -0.15) is 0 Å². The van der Waals surface area contributed by atoms with Gasteiger partial charge in [-0.3, -0.25) is 4.79 Å². The molecule has 0 bridgehead atoms. The summed E-state index contributed by atoms with van der Waals surface area (Å²) >= 11 is 0. The third kappa shape index (κ3) is 2.16. The second-order valence-corrected chi connectivity index (χ2v) is 5.40. The number of nitrogens with zero attached hydrogens (tertiary/aromatic N) is 3. The minimum atomic E-state index is -0.337. The molecule has 0 N–H and O–H groups in total. The second kappa shape index (κ2) is 5.29. The van der Waals surface area contributed by atoms with Gasteiger partial charge < -0.3 is 9.42 Å². The Morgan fingerprint density at radius 3 is 2.45 bits per heavy atom. The highest BCUT2D eigenvalue weighted by molar-refractivity contribution is 6.20. The fourth-order valence-corrected chi connectivity index (χ4v) is 2.75. The monoisotopic (exact) mass is 299 g/mol. The van der Waals surface area contributed by atoms with Gasteiger partial charge in [0.1, 0.15) is 17.9 Å². The van der Waals surface area contributed by atoms with Crippen molar-refractivity contribution in [2.45, 2.75) is 26.8 Å². The van der Waals surface area contributed by atoms with E-state index in [1.54, 1.807) is 18.7 Å². The highest BCUT2D eigenvalue weighted by Gasteiger charge is 2.42. The van der Waals surface area contributed by atoms with Crippen molar-refractivity contribution in [3.63, 3.8) is 0 Å². The number of aryl methyl sites for hydroxylation is 2. The van der Waals surface area contributed by atoms with Crippen LogP contribution in [0.5, 0.6) is 0 Å². The van der Waals surface area contributed by atoms with Crippen LogP contribution in [0.2, 0.25) is 0 Å². The molecular formula is C16H17N3O3. The van der Waals surface area contributed by atoms with Crippen molar-refractivity contribution < 1.29 is 14.1 Å². The molecule has 3 rings (SSSR count). The summed E-state index contributed by atoms with van der Waals surface area (Å²) in [6, 6.07) is 9.13. The predicted molar refractivity (Wildman–Crippen MR) is 80.4 cm³/mol. The number of hydrogen-bond acceptors (Lipinski definition) is 4. The van der Waals surface area contributed by atoms with Gasteiger partial charge >= 0.3 is 6.03 Å². The van der Waals surface area contributed by atoms with Crippen LogP contribution in [0.1, 0.15) is 30.0 Å². The highest BCUT2D eigenvalue weighted by Crippen LogP contribution is 2.32. The minimum absolute atomic E-state index is 0.0545. The van der Waals surface area contributed by atoms with E-state index in [9.17, 15) is 9.59 Å². The summed E-state index contributed by atoms with van der Waals surface area (Å²) in [5.41, 5.74) is 1.98. The number of amides is 3. The number of aromatic nitrogens is 1. The molecular weight excluding hydrogens is 282 g/mol. The fraction of sp³-hybridized carbons (Fsp3) is 0.312. The molecule has 6 heteroatoms. The molecule has 1 unspecified atom stereocenters. The third-order valence-corrected chi connectivity index (χ3v) is 3.96. The third-order valence-electron chi connectivity index (χ3n) is 3.96. The molecule has 1 atom stereocenters. The Labute approximate surface area is 128 Å². The molecule has 3 amide bonds. The van der Waals surface area contributed by atoms with Gasteiger partial charge in [-0.15, -0.1) is 0 Å². The summed E-state index contributed by atoms with van der Waals surface area (Å²) < 4.78 is 5.07. The van der Waals surface area contributed by atoms with Gasteiger partial charge in [0.05, 0.1) is 6.04 Å². The van der Waals surface area contributed by atoms with E-state index in [0.717, 1.165) is 5.56 Å². The number of urea groups is 1. The van der Waals surface area contributed by atoms with Crippen LogP contribution in [0.3, 0.4) is 0 Å². The Morgan fingerprint density at radius 2 is 1.86 bits per heavy atom. The molecule has 0 radical (unpaired) electrons. The molecule has 1 aliphatic heterocycles. The largest absolute Gasteiger partial charge is 0.359 e. The summed E-state index contributed by atoms with van der Waals surface area (Å²) in [4.78, 5) is 27.7. The van der Waals surface area contributed by atoms with Crippen molar-refractivity contribution in [2.24, 2.45) is 0 Å². The van der Waals surface area contributed by atoms with E-state index in [0.29, 0.717) is 17.1 Å². The SMILES string of the molecule is Cc1noc(C)c1N1C(=O)CN(C(C)c2ccccc2)C1=O. The molecule has 1 aromatic heterocycles. The predicted octanol–water partition coefficient (Wildman–Crippen LogP) is 2.82. The molecule has 114 valence electrons. The second-order valence-electron chi connectivity index (χ2n) is 5.40. The zero-order chi connectivity index (χ0) is 15.9. The summed E-state index contributed by atoms with van der Waals surface area (Å²) in [7, 11) is 0. The Balaban J connectivity index is 1.92. The van der Waals surface area contributed by atoms with Crippen LogP contribution in [-0.2, 0) is 4.79 Å². The molecule has 2 aromatic rings. The van der Waals surface area contributed by atoms with E-state index in [1.807, 2.05) is 37.3 Å². The van der Waals surface area contributed by atoms with E-state index in [-0.39, 0.29) is 24.5 Å². The van der Waals surface area contributed by atoms with E-state index >= 15 is 0 Å².